The first-order valence-electron chi connectivity index (χ1n) is 2.73. The average Bonchev–Trinajstić information content (AvgIpc) is 1.64. The summed E-state index contributed by atoms with van der Waals surface area (Å²) in [5.74, 6) is 0. The zero-order valence-electron chi connectivity index (χ0n) is 6.01. The standard InChI is InChI=1S/C6H12N2S/c1-4-5(6(7)9)8(2)3/h4H,1-3H3,(H2,7,9)/b5-4-. The molecule has 0 heterocycles. The molecule has 9 heavy (non-hydrogen) atoms. The maximum Gasteiger partial charge on any atom is 0.120 e. The third-order valence-corrected chi connectivity index (χ3v) is 1.22. The Bertz CT molecular complexity index is 138. The van der Waals surface area contributed by atoms with Crippen molar-refractivity contribution in [1.82, 2.24) is 4.90 Å². The van der Waals surface area contributed by atoms with Crippen molar-refractivity contribution < 1.29 is 0 Å². The summed E-state index contributed by atoms with van der Waals surface area (Å²) in [4.78, 5) is 2.34. The summed E-state index contributed by atoms with van der Waals surface area (Å²) >= 11 is 4.76. The highest BCUT2D eigenvalue weighted by atomic mass is 32.1. The van der Waals surface area contributed by atoms with Gasteiger partial charge in [0.15, 0.2) is 0 Å². The molecule has 0 spiro atoms. The van der Waals surface area contributed by atoms with Gasteiger partial charge in [-0.15, -0.1) is 0 Å². The Balaban J connectivity index is 4.19. The average molecular weight is 144 g/mol. The Morgan fingerprint density at radius 3 is 2.00 bits per heavy atom. The summed E-state index contributed by atoms with van der Waals surface area (Å²) in [6.07, 6.45) is 1.89. The van der Waals surface area contributed by atoms with Gasteiger partial charge in [-0.1, -0.05) is 18.3 Å². The fourth-order valence-electron chi connectivity index (χ4n) is 0.621. The van der Waals surface area contributed by atoms with Crippen LogP contribution >= 0.6 is 12.2 Å². The van der Waals surface area contributed by atoms with E-state index in [1.807, 2.05) is 32.0 Å². The molecule has 2 nitrogen and oxygen atoms in total. The van der Waals surface area contributed by atoms with Gasteiger partial charge in [-0.3, -0.25) is 0 Å². The summed E-state index contributed by atoms with van der Waals surface area (Å²) in [5, 5.41) is 0. The number of rotatable bonds is 2. The predicted molar refractivity (Wildman–Crippen MR) is 44.2 cm³/mol. The molecule has 0 aliphatic carbocycles. The van der Waals surface area contributed by atoms with Gasteiger partial charge in [-0.05, 0) is 6.92 Å². The van der Waals surface area contributed by atoms with Gasteiger partial charge in [0, 0.05) is 14.1 Å². The highest BCUT2D eigenvalue weighted by molar-refractivity contribution is 7.80. The molecule has 2 N–H and O–H groups in total. The van der Waals surface area contributed by atoms with Crippen LogP contribution in [0, 0.1) is 0 Å². The molecular formula is C6H12N2S. The lowest BCUT2D eigenvalue weighted by atomic mass is 10.4. The Kier molecular flexibility index (Phi) is 3.24. The molecule has 0 bridgehead atoms. The lowest BCUT2D eigenvalue weighted by Gasteiger charge is -2.14. The van der Waals surface area contributed by atoms with Gasteiger partial charge in [0.2, 0.25) is 0 Å². The van der Waals surface area contributed by atoms with Gasteiger partial charge < -0.3 is 10.6 Å². The summed E-state index contributed by atoms with van der Waals surface area (Å²) in [7, 11) is 3.82. The molecule has 0 fully saturated rings. The minimum Gasteiger partial charge on any atom is -0.388 e. The Labute approximate surface area is 61.3 Å². The molecule has 0 aromatic carbocycles. The summed E-state index contributed by atoms with van der Waals surface area (Å²) in [6, 6.07) is 0. The maximum absolute atomic E-state index is 5.37. The van der Waals surface area contributed by atoms with Crippen LogP contribution in [0.4, 0.5) is 0 Å². The van der Waals surface area contributed by atoms with Crippen molar-refractivity contribution in [3.63, 3.8) is 0 Å². The largest absolute Gasteiger partial charge is 0.388 e. The van der Waals surface area contributed by atoms with Crippen LogP contribution in [0.3, 0.4) is 0 Å². The number of thiocarbonyl (C=S) groups is 1. The minimum absolute atomic E-state index is 0.447. The first-order valence-corrected chi connectivity index (χ1v) is 3.14. The van der Waals surface area contributed by atoms with Crippen LogP contribution in [0.15, 0.2) is 11.8 Å². The Morgan fingerprint density at radius 2 is 2.00 bits per heavy atom. The monoisotopic (exact) mass is 144 g/mol. The second kappa shape index (κ2) is 3.45. The van der Waals surface area contributed by atoms with Gasteiger partial charge in [0.25, 0.3) is 0 Å². The summed E-state index contributed by atoms with van der Waals surface area (Å²) < 4.78 is 0. The van der Waals surface area contributed by atoms with Gasteiger partial charge in [-0.2, -0.15) is 0 Å². The van der Waals surface area contributed by atoms with E-state index < -0.39 is 0 Å². The first kappa shape index (κ1) is 8.43. The topological polar surface area (TPSA) is 29.3 Å². The smallest absolute Gasteiger partial charge is 0.120 e. The molecule has 52 valence electrons. The highest BCUT2D eigenvalue weighted by Crippen LogP contribution is 1.96. The minimum atomic E-state index is 0.447. The van der Waals surface area contributed by atoms with Gasteiger partial charge in [-0.25, -0.2) is 0 Å². The second-order valence-corrected chi connectivity index (χ2v) is 2.37. The zero-order valence-corrected chi connectivity index (χ0v) is 6.83. The van der Waals surface area contributed by atoms with E-state index in [0.29, 0.717) is 4.99 Å². The predicted octanol–water partition coefficient (Wildman–Crippen LogP) is 0.738. The van der Waals surface area contributed by atoms with Crippen LogP contribution in [0.2, 0.25) is 0 Å². The molecule has 3 heteroatoms. The van der Waals surface area contributed by atoms with Crippen molar-refractivity contribution in [3.05, 3.63) is 11.8 Å². The van der Waals surface area contributed by atoms with Gasteiger partial charge >= 0.3 is 0 Å². The molecule has 0 aromatic rings. The van der Waals surface area contributed by atoms with Crippen LogP contribution in [-0.4, -0.2) is 24.0 Å². The maximum atomic E-state index is 5.37. The van der Waals surface area contributed by atoms with Crippen LogP contribution in [0.25, 0.3) is 0 Å². The lowest BCUT2D eigenvalue weighted by molar-refractivity contribution is 0.539. The van der Waals surface area contributed by atoms with E-state index >= 15 is 0 Å². The van der Waals surface area contributed by atoms with E-state index in [2.05, 4.69) is 0 Å². The summed E-state index contributed by atoms with van der Waals surface area (Å²) in [5.41, 5.74) is 6.28. The number of hydrogen-bond acceptors (Lipinski definition) is 2. The molecule has 0 amide bonds. The molecule has 0 saturated carbocycles. The molecule has 0 atom stereocenters. The quantitative estimate of drug-likeness (QED) is 0.458. The molecule has 0 aromatic heterocycles. The molecule has 0 aliphatic heterocycles. The Morgan fingerprint density at radius 1 is 1.56 bits per heavy atom. The molecule has 0 saturated heterocycles. The number of allylic oxidation sites excluding steroid dienone is 1. The molecule has 0 aliphatic rings. The fraction of sp³-hybridized carbons (Fsp3) is 0.500. The van der Waals surface area contributed by atoms with Crippen molar-refractivity contribution >= 4 is 17.2 Å². The van der Waals surface area contributed by atoms with E-state index in [9.17, 15) is 0 Å². The molecule has 0 unspecified atom stereocenters. The zero-order chi connectivity index (χ0) is 7.44. The van der Waals surface area contributed by atoms with E-state index in [1.165, 1.54) is 0 Å². The van der Waals surface area contributed by atoms with Crippen molar-refractivity contribution in [1.29, 1.82) is 0 Å². The van der Waals surface area contributed by atoms with Crippen LogP contribution in [0.1, 0.15) is 6.92 Å². The van der Waals surface area contributed by atoms with Crippen molar-refractivity contribution in [2.75, 3.05) is 14.1 Å². The van der Waals surface area contributed by atoms with Crippen molar-refractivity contribution in [2.24, 2.45) is 5.73 Å². The van der Waals surface area contributed by atoms with Crippen molar-refractivity contribution in [2.45, 2.75) is 6.92 Å². The van der Waals surface area contributed by atoms with E-state index in [-0.39, 0.29) is 0 Å². The number of likely N-dealkylation sites (N-methyl/N-ethyl adjacent to an activating group) is 1. The second-order valence-electron chi connectivity index (χ2n) is 1.93. The number of nitrogens with zero attached hydrogens (tertiary/aromatic N) is 1. The summed E-state index contributed by atoms with van der Waals surface area (Å²) in [6.45, 7) is 1.91. The molecule has 0 radical (unpaired) electrons. The van der Waals surface area contributed by atoms with Crippen LogP contribution in [0.5, 0.6) is 0 Å². The van der Waals surface area contributed by atoms with Gasteiger partial charge in [0.1, 0.15) is 4.99 Å². The highest BCUT2D eigenvalue weighted by Gasteiger charge is 1.98. The third-order valence-electron chi connectivity index (χ3n) is 1.01. The first-order chi connectivity index (χ1) is 4.09. The molecular weight excluding hydrogens is 132 g/mol. The van der Waals surface area contributed by atoms with Crippen LogP contribution < -0.4 is 5.73 Å². The fourth-order valence-corrected chi connectivity index (χ4v) is 0.921. The van der Waals surface area contributed by atoms with E-state index in [0.717, 1.165) is 5.70 Å². The van der Waals surface area contributed by atoms with E-state index in [1.54, 1.807) is 0 Å². The third kappa shape index (κ3) is 2.46. The number of nitrogens with two attached hydrogens (primary N) is 1. The lowest BCUT2D eigenvalue weighted by Crippen LogP contribution is -2.23. The van der Waals surface area contributed by atoms with E-state index in [4.69, 9.17) is 18.0 Å². The SMILES string of the molecule is C/C=C(/C(N)=S)N(C)C. The normalized spacial score (nSPS) is 11.2. The Hall–Kier alpha value is -0.570. The van der Waals surface area contributed by atoms with Crippen LogP contribution in [-0.2, 0) is 0 Å². The van der Waals surface area contributed by atoms with Crippen molar-refractivity contribution in [3.8, 4) is 0 Å². The molecule has 0 rings (SSSR count). The number of hydrogen-bond donors (Lipinski definition) is 1. The van der Waals surface area contributed by atoms with Gasteiger partial charge in [0.05, 0.1) is 5.70 Å².